The Kier molecular flexibility index (Phi) is 2.85. The van der Waals surface area contributed by atoms with Gasteiger partial charge in [0.25, 0.3) is 0 Å². The van der Waals surface area contributed by atoms with Crippen LogP contribution in [-0.2, 0) is 6.18 Å². The van der Waals surface area contributed by atoms with Crippen LogP contribution in [0.1, 0.15) is 61.0 Å². The zero-order valence-corrected chi connectivity index (χ0v) is 13.5. The predicted molar refractivity (Wildman–Crippen MR) is 82.8 cm³/mol. The van der Waals surface area contributed by atoms with Crippen LogP contribution in [0.2, 0.25) is 0 Å². The van der Waals surface area contributed by atoms with Crippen LogP contribution in [0.15, 0.2) is 30.6 Å². The van der Waals surface area contributed by atoms with Crippen LogP contribution in [0.25, 0.3) is 0 Å². The Morgan fingerprint density at radius 2 is 1.84 bits per heavy atom. The molecule has 3 heterocycles. The van der Waals surface area contributed by atoms with Crippen LogP contribution in [0.3, 0.4) is 0 Å². The molecule has 7 heteroatoms. The van der Waals surface area contributed by atoms with E-state index in [2.05, 4.69) is 10.1 Å². The van der Waals surface area contributed by atoms with Crippen molar-refractivity contribution in [1.82, 2.24) is 14.8 Å². The molecule has 1 N–H and O–H groups in total. The highest BCUT2D eigenvalue weighted by molar-refractivity contribution is 5.38. The van der Waals surface area contributed by atoms with Crippen molar-refractivity contribution in [3.63, 3.8) is 0 Å². The molecule has 0 amide bonds. The highest BCUT2D eigenvalue weighted by atomic mass is 19.4. The lowest BCUT2D eigenvalue weighted by Gasteiger charge is -2.47. The maximum atomic E-state index is 12.8. The molecule has 132 valence electrons. The first-order chi connectivity index (χ1) is 11.9. The Bertz CT molecular complexity index is 805. The summed E-state index contributed by atoms with van der Waals surface area (Å²) in [5, 5.41) is 15.8. The molecule has 2 fully saturated rings. The van der Waals surface area contributed by atoms with Gasteiger partial charge in [-0.05, 0) is 42.9 Å². The lowest BCUT2D eigenvalue weighted by atomic mass is 9.66. The molecule has 6 rings (SSSR count). The Labute approximate surface area is 142 Å². The average Bonchev–Trinajstić information content (AvgIpc) is 2.92. The lowest BCUT2D eigenvalue weighted by Crippen LogP contribution is -2.53. The molecule has 1 aromatic heterocycles. The minimum atomic E-state index is -4.32. The smallest absolute Gasteiger partial charge is 0.387 e. The molecule has 0 saturated heterocycles. The number of hydrogen-bond donors (Lipinski definition) is 1. The van der Waals surface area contributed by atoms with Gasteiger partial charge in [-0.25, -0.2) is 9.67 Å². The maximum absolute atomic E-state index is 12.8. The highest BCUT2D eigenvalue weighted by Crippen LogP contribution is 2.73. The Balaban J connectivity index is 1.46. The van der Waals surface area contributed by atoms with E-state index in [4.69, 9.17) is 0 Å². The van der Waals surface area contributed by atoms with Crippen molar-refractivity contribution in [2.45, 2.75) is 55.8 Å². The van der Waals surface area contributed by atoms with E-state index in [-0.39, 0.29) is 17.4 Å². The van der Waals surface area contributed by atoms with E-state index in [0.29, 0.717) is 12.2 Å². The summed E-state index contributed by atoms with van der Waals surface area (Å²) in [4.78, 5) is 4.21. The zero-order chi connectivity index (χ0) is 17.4. The first-order valence-electron chi connectivity index (χ1n) is 8.66. The van der Waals surface area contributed by atoms with Gasteiger partial charge in [0, 0.05) is 5.41 Å². The quantitative estimate of drug-likeness (QED) is 0.900. The largest absolute Gasteiger partial charge is 0.416 e. The van der Waals surface area contributed by atoms with Gasteiger partial charge < -0.3 is 5.11 Å². The summed E-state index contributed by atoms with van der Waals surface area (Å²) >= 11 is 0. The summed E-state index contributed by atoms with van der Waals surface area (Å²) < 4.78 is 40.1. The molecule has 2 aliphatic carbocycles. The number of nitrogens with zero attached hydrogens (tertiary/aromatic N) is 3. The van der Waals surface area contributed by atoms with Crippen LogP contribution in [0.5, 0.6) is 0 Å². The third-order valence-corrected chi connectivity index (χ3v) is 6.50. The standard InChI is InChI=1S/C18H18F3N3O/c19-18(20,21)12-5-3-11(4-6-12)13-9-16(13)7-1-2-8-17(16,25)14-15-22-10-24(14)23-15/h3-6,10,13-14,25H,1-2,7-9H2. The van der Waals surface area contributed by atoms with E-state index >= 15 is 0 Å². The van der Waals surface area contributed by atoms with Gasteiger partial charge in [-0.15, -0.1) is 0 Å². The van der Waals surface area contributed by atoms with E-state index in [9.17, 15) is 18.3 Å². The van der Waals surface area contributed by atoms with Crippen molar-refractivity contribution in [3.8, 4) is 0 Å². The third kappa shape index (κ3) is 1.93. The summed E-state index contributed by atoms with van der Waals surface area (Å²) in [5.41, 5.74) is -0.928. The van der Waals surface area contributed by atoms with Crippen LogP contribution in [0, 0.1) is 5.41 Å². The van der Waals surface area contributed by atoms with Crippen molar-refractivity contribution in [3.05, 3.63) is 47.5 Å². The van der Waals surface area contributed by atoms with Crippen LogP contribution in [-0.4, -0.2) is 25.5 Å². The predicted octanol–water partition coefficient (Wildman–Crippen LogP) is 3.68. The monoisotopic (exact) mass is 349 g/mol. The molecule has 1 spiro atoms. The number of fused-ring (bicyclic) bond motifs is 1. The van der Waals surface area contributed by atoms with E-state index < -0.39 is 17.3 Å². The molecule has 4 atom stereocenters. The molecular weight excluding hydrogens is 331 g/mol. The SMILES string of the molecule is OC1(C2c3ncn2n3)CCCCC12CC2c1ccc(C(F)(F)F)cc1. The molecule has 2 saturated carbocycles. The van der Waals surface area contributed by atoms with Crippen molar-refractivity contribution in [1.29, 1.82) is 0 Å². The maximum Gasteiger partial charge on any atom is 0.416 e. The number of halogens is 3. The first-order valence-corrected chi connectivity index (χ1v) is 8.66. The van der Waals surface area contributed by atoms with E-state index in [1.54, 1.807) is 23.1 Å². The van der Waals surface area contributed by atoms with Crippen molar-refractivity contribution < 1.29 is 18.3 Å². The molecule has 4 unspecified atom stereocenters. The zero-order valence-electron chi connectivity index (χ0n) is 13.5. The number of alkyl halides is 3. The van der Waals surface area contributed by atoms with Gasteiger partial charge in [-0.3, -0.25) is 0 Å². The fraction of sp³-hybridized carbons (Fsp3) is 0.556. The van der Waals surface area contributed by atoms with Crippen LogP contribution >= 0.6 is 0 Å². The van der Waals surface area contributed by atoms with E-state index in [1.165, 1.54) is 0 Å². The van der Waals surface area contributed by atoms with E-state index in [0.717, 1.165) is 43.4 Å². The summed E-state index contributed by atoms with van der Waals surface area (Å²) in [7, 11) is 0. The molecule has 25 heavy (non-hydrogen) atoms. The second-order valence-corrected chi connectivity index (χ2v) is 7.65. The van der Waals surface area contributed by atoms with Crippen molar-refractivity contribution in [2.24, 2.45) is 5.41 Å². The molecule has 1 aromatic carbocycles. The van der Waals surface area contributed by atoms with Gasteiger partial charge in [0.2, 0.25) is 0 Å². The Hall–Kier alpha value is -1.89. The first kappa shape index (κ1) is 15.4. The molecule has 4 aliphatic rings. The van der Waals surface area contributed by atoms with Gasteiger partial charge in [-0.1, -0.05) is 25.0 Å². The Morgan fingerprint density at radius 1 is 1.12 bits per heavy atom. The van der Waals surface area contributed by atoms with Gasteiger partial charge in [0.05, 0.1) is 5.56 Å². The second-order valence-electron chi connectivity index (χ2n) is 7.65. The van der Waals surface area contributed by atoms with Gasteiger partial charge in [0.1, 0.15) is 18.0 Å². The van der Waals surface area contributed by atoms with E-state index in [1.807, 2.05) is 0 Å². The van der Waals surface area contributed by atoms with Gasteiger partial charge in [-0.2, -0.15) is 18.3 Å². The summed E-state index contributed by atoms with van der Waals surface area (Å²) in [6.07, 6.45) is 1.72. The summed E-state index contributed by atoms with van der Waals surface area (Å²) in [5.74, 6) is 0.781. The molecular formula is C18H18F3N3O. The summed E-state index contributed by atoms with van der Waals surface area (Å²) in [6, 6.07) is 5.24. The fourth-order valence-electron chi connectivity index (χ4n) is 5.14. The molecule has 2 aromatic rings. The topological polar surface area (TPSA) is 50.9 Å². The number of aromatic nitrogens is 3. The molecule has 0 radical (unpaired) electrons. The number of hydrogen-bond acceptors (Lipinski definition) is 3. The second kappa shape index (κ2) is 4.63. The minimum Gasteiger partial charge on any atom is -0.387 e. The van der Waals surface area contributed by atoms with Crippen LogP contribution in [0.4, 0.5) is 13.2 Å². The van der Waals surface area contributed by atoms with Gasteiger partial charge >= 0.3 is 6.18 Å². The number of rotatable bonds is 2. The Morgan fingerprint density at radius 3 is 2.44 bits per heavy atom. The number of benzene rings is 1. The molecule has 2 bridgehead atoms. The van der Waals surface area contributed by atoms with Crippen molar-refractivity contribution in [2.75, 3.05) is 0 Å². The minimum absolute atomic E-state index is 0.0990. The average molecular weight is 349 g/mol. The van der Waals surface area contributed by atoms with Gasteiger partial charge in [0.15, 0.2) is 5.82 Å². The third-order valence-electron chi connectivity index (χ3n) is 6.50. The number of aliphatic hydroxyl groups is 1. The van der Waals surface area contributed by atoms with Crippen LogP contribution < -0.4 is 0 Å². The molecule has 4 nitrogen and oxygen atoms in total. The summed E-state index contributed by atoms with van der Waals surface area (Å²) in [6.45, 7) is 0. The molecule has 2 aliphatic heterocycles. The normalized spacial score (nSPS) is 36.3. The fourth-order valence-corrected chi connectivity index (χ4v) is 5.14. The van der Waals surface area contributed by atoms with Crippen molar-refractivity contribution >= 4 is 0 Å². The highest BCUT2D eigenvalue weighted by Gasteiger charge is 2.71. The lowest BCUT2D eigenvalue weighted by molar-refractivity contribution is -0.137.